The molecule has 1 aromatic heterocycles. The maximum Gasteiger partial charge on any atom is 0.237 e. The molecule has 0 radical (unpaired) electrons. The number of hydrogen-bond donors (Lipinski definition) is 1. The number of aromatic nitrogens is 2. The van der Waals surface area contributed by atoms with Crippen LogP contribution in [0.4, 0.5) is 0 Å². The first-order valence-electron chi connectivity index (χ1n) is 6.15. The van der Waals surface area contributed by atoms with E-state index in [0.717, 1.165) is 24.3 Å². The maximum atomic E-state index is 6.26. The highest BCUT2D eigenvalue weighted by molar-refractivity contribution is 5.43. The van der Waals surface area contributed by atoms with Crippen molar-refractivity contribution < 1.29 is 9.47 Å². The van der Waals surface area contributed by atoms with E-state index in [1.54, 1.807) is 19.5 Å². The number of nitrogens with two attached hydrogens (primary N) is 1. The van der Waals surface area contributed by atoms with Crippen LogP contribution in [0, 0.1) is 0 Å². The minimum atomic E-state index is -0.352. The average molecular weight is 257 g/mol. The summed E-state index contributed by atoms with van der Waals surface area (Å²) in [6.45, 7) is 0.739. The van der Waals surface area contributed by atoms with Gasteiger partial charge in [-0.3, -0.25) is 4.98 Å². The summed E-state index contributed by atoms with van der Waals surface area (Å²) in [6.07, 6.45) is 4.13. The molecule has 19 heavy (non-hydrogen) atoms. The largest absolute Gasteiger partial charge is 0.493 e. The van der Waals surface area contributed by atoms with E-state index in [9.17, 15) is 0 Å². The molecule has 0 saturated carbocycles. The number of hydrogen-bond acceptors (Lipinski definition) is 5. The molecule has 0 amide bonds. The highest BCUT2D eigenvalue weighted by Gasteiger charge is 2.19. The summed E-state index contributed by atoms with van der Waals surface area (Å²) in [4.78, 5) is 8.40. The van der Waals surface area contributed by atoms with Crippen molar-refractivity contribution in [3.05, 3.63) is 47.4 Å². The van der Waals surface area contributed by atoms with Crippen molar-refractivity contribution in [2.24, 2.45) is 5.73 Å². The Hall–Kier alpha value is -2.14. The molecular formula is C14H15N3O2. The van der Waals surface area contributed by atoms with Crippen LogP contribution in [0.2, 0.25) is 0 Å². The third-order valence-corrected chi connectivity index (χ3v) is 3.25. The molecule has 1 aromatic carbocycles. The Kier molecular flexibility index (Phi) is 3.05. The third-order valence-electron chi connectivity index (χ3n) is 3.25. The van der Waals surface area contributed by atoms with E-state index < -0.39 is 0 Å². The van der Waals surface area contributed by atoms with Crippen molar-refractivity contribution in [1.82, 2.24) is 9.97 Å². The fourth-order valence-electron chi connectivity index (χ4n) is 2.26. The summed E-state index contributed by atoms with van der Waals surface area (Å²) in [7, 11) is 1.57. The Labute approximate surface area is 111 Å². The van der Waals surface area contributed by atoms with E-state index in [-0.39, 0.29) is 6.04 Å². The lowest BCUT2D eigenvalue weighted by molar-refractivity contribution is 0.357. The predicted molar refractivity (Wildman–Crippen MR) is 70.3 cm³/mol. The van der Waals surface area contributed by atoms with Crippen LogP contribution < -0.4 is 15.2 Å². The average Bonchev–Trinajstić information content (AvgIpc) is 2.93. The van der Waals surface area contributed by atoms with Crippen LogP contribution in [0.3, 0.4) is 0 Å². The van der Waals surface area contributed by atoms with Gasteiger partial charge in [-0.1, -0.05) is 12.1 Å². The van der Waals surface area contributed by atoms with Crippen LogP contribution in [0.5, 0.6) is 11.6 Å². The second kappa shape index (κ2) is 4.85. The molecule has 1 atom stereocenters. The molecule has 2 heterocycles. The Morgan fingerprint density at radius 2 is 2.16 bits per heavy atom. The summed E-state index contributed by atoms with van der Waals surface area (Å²) in [5.74, 6) is 1.41. The van der Waals surface area contributed by atoms with Crippen molar-refractivity contribution in [3.63, 3.8) is 0 Å². The quantitative estimate of drug-likeness (QED) is 0.901. The number of ether oxygens (including phenoxy) is 2. The van der Waals surface area contributed by atoms with Crippen molar-refractivity contribution in [3.8, 4) is 11.6 Å². The number of nitrogens with zero attached hydrogens (tertiary/aromatic N) is 2. The van der Waals surface area contributed by atoms with E-state index >= 15 is 0 Å². The fourth-order valence-corrected chi connectivity index (χ4v) is 2.26. The lowest BCUT2D eigenvalue weighted by atomic mass is 10.0. The Morgan fingerprint density at radius 1 is 1.32 bits per heavy atom. The van der Waals surface area contributed by atoms with Crippen LogP contribution in [0.15, 0.2) is 30.6 Å². The van der Waals surface area contributed by atoms with E-state index in [4.69, 9.17) is 15.2 Å². The van der Waals surface area contributed by atoms with Gasteiger partial charge in [0.15, 0.2) is 0 Å². The van der Waals surface area contributed by atoms with E-state index in [0.29, 0.717) is 11.6 Å². The number of rotatable bonds is 3. The number of benzene rings is 1. The Balaban J connectivity index is 1.97. The first kappa shape index (κ1) is 11.9. The molecule has 1 aliphatic rings. The van der Waals surface area contributed by atoms with Gasteiger partial charge in [0.05, 0.1) is 19.8 Å². The second-order valence-corrected chi connectivity index (χ2v) is 4.39. The molecule has 0 bridgehead atoms. The number of methoxy groups -OCH3 is 1. The van der Waals surface area contributed by atoms with E-state index in [2.05, 4.69) is 16.0 Å². The monoisotopic (exact) mass is 257 g/mol. The molecule has 3 rings (SSSR count). The SMILES string of the molecule is COc1nccnc1C(N)c1ccc2c(c1)CCO2. The summed E-state index contributed by atoms with van der Waals surface area (Å²) < 4.78 is 10.7. The zero-order valence-electron chi connectivity index (χ0n) is 10.7. The normalized spacial score (nSPS) is 14.6. The van der Waals surface area contributed by atoms with Crippen LogP contribution in [0.1, 0.15) is 22.9 Å². The molecular weight excluding hydrogens is 242 g/mol. The van der Waals surface area contributed by atoms with Gasteiger partial charge in [0.1, 0.15) is 11.4 Å². The minimum Gasteiger partial charge on any atom is -0.493 e. The smallest absolute Gasteiger partial charge is 0.237 e. The summed E-state index contributed by atoms with van der Waals surface area (Å²) in [5.41, 5.74) is 9.09. The predicted octanol–water partition coefficient (Wildman–Crippen LogP) is 1.47. The van der Waals surface area contributed by atoms with Gasteiger partial charge in [-0.25, -0.2) is 4.98 Å². The molecule has 5 nitrogen and oxygen atoms in total. The highest BCUT2D eigenvalue weighted by atomic mass is 16.5. The lowest BCUT2D eigenvalue weighted by Gasteiger charge is -2.14. The maximum absolute atomic E-state index is 6.26. The van der Waals surface area contributed by atoms with E-state index in [1.165, 1.54) is 5.56 Å². The summed E-state index contributed by atoms with van der Waals surface area (Å²) in [5, 5.41) is 0. The molecule has 1 unspecified atom stereocenters. The van der Waals surface area contributed by atoms with Gasteiger partial charge < -0.3 is 15.2 Å². The van der Waals surface area contributed by atoms with Crippen molar-refractivity contribution in [1.29, 1.82) is 0 Å². The minimum absolute atomic E-state index is 0.352. The van der Waals surface area contributed by atoms with Crippen molar-refractivity contribution in [2.75, 3.05) is 13.7 Å². The second-order valence-electron chi connectivity index (χ2n) is 4.39. The van der Waals surface area contributed by atoms with Crippen LogP contribution in [-0.2, 0) is 6.42 Å². The molecule has 0 fully saturated rings. The standard InChI is InChI=1S/C14H15N3O2/c1-18-14-13(16-5-6-17-14)12(15)10-2-3-11-9(8-10)4-7-19-11/h2-3,5-6,8,12H,4,7,15H2,1H3. The van der Waals surface area contributed by atoms with Gasteiger partial charge in [0.2, 0.25) is 5.88 Å². The molecule has 0 saturated heterocycles. The first-order chi connectivity index (χ1) is 9.29. The molecule has 0 spiro atoms. The molecule has 2 N–H and O–H groups in total. The zero-order chi connectivity index (χ0) is 13.2. The molecule has 1 aliphatic heterocycles. The molecule has 2 aromatic rings. The van der Waals surface area contributed by atoms with Gasteiger partial charge in [-0.2, -0.15) is 0 Å². The van der Waals surface area contributed by atoms with Gasteiger partial charge in [0, 0.05) is 18.8 Å². The number of fused-ring (bicyclic) bond motifs is 1. The molecule has 0 aliphatic carbocycles. The fraction of sp³-hybridized carbons (Fsp3) is 0.286. The van der Waals surface area contributed by atoms with Crippen LogP contribution in [0.25, 0.3) is 0 Å². The summed E-state index contributed by atoms with van der Waals surface area (Å²) in [6, 6.07) is 5.64. The topological polar surface area (TPSA) is 70.3 Å². The molecule has 98 valence electrons. The van der Waals surface area contributed by atoms with Gasteiger partial charge in [0.25, 0.3) is 0 Å². The van der Waals surface area contributed by atoms with Crippen molar-refractivity contribution >= 4 is 0 Å². The lowest BCUT2D eigenvalue weighted by Crippen LogP contribution is -2.15. The first-order valence-corrected chi connectivity index (χ1v) is 6.15. The zero-order valence-corrected chi connectivity index (χ0v) is 10.7. The highest BCUT2D eigenvalue weighted by Crippen LogP contribution is 2.30. The molecule has 5 heteroatoms. The Morgan fingerprint density at radius 3 is 3.00 bits per heavy atom. The summed E-state index contributed by atoms with van der Waals surface area (Å²) >= 11 is 0. The van der Waals surface area contributed by atoms with Crippen molar-refractivity contribution in [2.45, 2.75) is 12.5 Å². The van der Waals surface area contributed by atoms with Crippen LogP contribution >= 0.6 is 0 Å². The third kappa shape index (κ3) is 2.13. The van der Waals surface area contributed by atoms with Gasteiger partial charge >= 0.3 is 0 Å². The Bertz CT molecular complexity index is 601. The van der Waals surface area contributed by atoms with E-state index in [1.807, 2.05) is 12.1 Å². The van der Waals surface area contributed by atoms with Crippen LogP contribution in [-0.4, -0.2) is 23.7 Å². The van der Waals surface area contributed by atoms with Gasteiger partial charge in [-0.15, -0.1) is 0 Å². The van der Waals surface area contributed by atoms with Gasteiger partial charge in [-0.05, 0) is 17.2 Å².